The molecule has 4 heteroatoms. The summed E-state index contributed by atoms with van der Waals surface area (Å²) < 4.78 is 17.5. The van der Waals surface area contributed by atoms with Gasteiger partial charge in [-0.2, -0.15) is 4.36 Å². The molecule has 0 spiro atoms. The summed E-state index contributed by atoms with van der Waals surface area (Å²) in [5.41, 5.74) is 2.15. The summed E-state index contributed by atoms with van der Waals surface area (Å²) in [6.45, 7) is 6.51. The molecular weight excluding hydrogens is 298 g/mol. The van der Waals surface area contributed by atoms with Crippen LogP contribution in [0.25, 0.3) is 0 Å². The van der Waals surface area contributed by atoms with Crippen LogP contribution in [0.15, 0.2) is 27.0 Å². The van der Waals surface area contributed by atoms with Crippen LogP contribution in [-0.2, 0) is 15.1 Å². The highest BCUT2D eigenvalue weighted by atomic mass is 79.9. The molecule has 0 aliphatic carbocycles. The van der Waals surface area contributed by atoms with Crippen molar-refractivity contribution in [1.29, 1.82) is 0 Å². The fourth-order valence-corrected chi connectivity index (χ4v) is 3.64. The van der Waals surface area contributed by atoms with E-state index in [-0.39, 0.29) is 5.41 Å². The van der Waals surface area contributed by atoms with E-state index in [1.165, 1.54) is 5.56 Å². The Morgan fingerprint density at radius 3 is 2.41 bits per heavy atom. The Balaban J connectivity index is 2.47. The van der Waals surface area contributed by atoms with Crippen molar-refractivity contribution >= 4 is 31.3 Å². The van der Waals surface area contributed by atoms with Crippen molar-refractivity contribution in [3.05, 3.63) is 28.2 Å². The van der Waals surface area contributed by atoms with Gasteiger partial charge in [0.05, 0.1) is 15.4 Å². The quantitative estimate of drug-likeness (QED) is 0.761. The molecule has 0 atom stereocenters. The average Bonchev–Trinajstić information content (AvgIpc) is 2.17. The Labute approximate surface area is 112 Å². The minimum Gasteiger partial charge on any atom is -0.249 e. The lowest BCUT2D eigenvalue weighted by Crippen LogP contribution is -2.23. The third kappa shape index (κ3) is 2.91. The molecule has 0 aromatic heterocycles. The molecule has 1 aliphatic rings. The summed E-state index contributed by atoms with van der Waals surface area (Å²) >= 11 is 3.48. The Kier molecular flexibility index (Phi) is 3.38. The number of hydrogen-bond acceptors (Lipinski definition) is 2. The number of nitrogens with zero attached hydrogens (tertiary/aromatic N) is 1. The topological polar surface area (TPSA) is 29.4 Å². The van der Waals surface area contributed by atoms with E-state index in [4.69, 9.17) is 0 Å². The van der Waals surface area contributed by atoms with Crippen molar-refractivity contribution in [3.8, 4) is 0 Å². The zero-order chi connectivity index (χ0) is 12.7. The van der Waals surface area contributed by atoms with Crippen LogP contribution >= 0.6 is 15.9 Å². The molecule has 0 saturated carbocycles. The summed E-state index contributed by atoms with van der Waals surface area (Å²) in [4.78, 5) is 0. The highest BCUT2D eigenvalue weighted by Gasteiger charge is 2.21. The highest BCUT2D eigenvalue weighted by molar-refractivity contribution is 9.10. The minimum atomic E-state index is -1.93. The van der Waals surface area contributed by atoms with E-state index in [9.17, 15) is 4.21 Å². The van der Waals surface area contributed by atoms with Crippen LogP contribution in [0.2, 0.25) is 0 Å². The molecule has 0 N–H and O–H groups in total. The summed E-state index contributed by atoms with van der Waals surface area (Å²) in [5, 5.41) is 0. The first-order valence-electron chi connectivity index (χ1n) is 5.83. The number of benzene rings is 1. The van der Waals surface area contributed by atoms with E-state index in [0.29, 0.717) is 0 Å². The monoisotopic (exact) mass is 315 g/mol. The summed E-state index contributed by atoms with van der Waals surface area (Å²) in [5.74, 6) is 1.50. The lowest BCUT2D eigenvalue weighted by atomic mass is 9.87. The second-order valence-corrected chi connectivity index (χ2v) is 8.94. The molecule has 1 aliphatic heterocycles. The maximum atomic E-state index is 12.1. The van der Waals surface area contributed by atoms with Gasteiger partial charge in [0.2, 0.25) is 0 Å². The normalized spacial score (nSPS) is 18.6. The van der Waals surface area contributed by atoms with Crippen LogP contribution < -0.4 is 0 Å². The fourth-order valence-electron chi connectivity index (χ4n) is 1.71. The Morgan fingerprint density at radius 2 is 1.94 bits per heavy atom. The van der Waals surface area contributed by atoms with Gasteiger partial charge in [0, 0.05) is 16.0 Å². The van der Waals surface area contributed by atoms with Gasteiger partial charge in [0.15, 0.2) is 0 Å². The lowest BCUT2D eigenvalue weighted by molar-refractivity contribution is 0.590. The van der Waals surface area contributed by atoms with Gasteiger partial charge in [-0.15, -0.1) is 0 Å². The maximum absolute atomic E-state index is 12.1. The molecule has 1 saturated heterocycles. The molecule has 0 radical (unpaired) electrons. The molecule has 0 unspecified atom stereocenters. The van der Waals surface area contributed by atoms with Crippen molar-refractivity contribution in [2.75, 3.05) is 11.5 Å². The predicted octanol–water partition coefficient (Wildman–Crippen LogP) is 4.25. The largest absolute Gasteiger partial charge is 0.249 e. The van der Waals surface area contributed by atoms with E-state index in [0.717, 1.165) is 28.1 Å². The van der Waals surface area contributed by atoms with E-state index < -0.39 is 9.73 Å². The Morgan fingerprint density at radius 1 is 1.29 bits per heavy atom. The van der Waals surface area contributed by atoms with Gasteiger partial charge in [0.1, 0.15) is 0 Å². The second-order valence-electron chi connectivity index (χ2n) is 5.54. The molecule has 1 heterocycles. The Hall–Kier alpha value is -0.350. The van der Waals surface area contributed by atoms with Gasteiger partial charge in [-0.3, -0.25) is 0 Å². The summed E-state index contributed by atoms with van der Waals surface area (Å²) in [6.07, 6.45) is 1.04. The van der Waals surface area contributed by atoms with Gasteiger partial charge in [-0.25, -0.2) is 4.21 Å². The van der Waals surface area contributed by atoms with Crippen LogP contribution in [0.5, 0.6) is 0 Å². The Bertz CT molecular complexity index is 541. The molecule has 2 nitrogen and oxygen atoms in total. The number of halogens is 1. The van der Waals surface area contributed by atoms with E-state index >= 15 is 0 Å². The third-order valence-electron chi connectivity index (χ3n) is 3.00. The minimum absolute atomic E-state index is 0.0932. The van der Waals surface area contributed by atoms with Crippen molar-refractivity contribution in [2.24, 2.45) is 4.36 Å². The molecule has 17 heavy (non-hydrogen) atoms. The van der Waals surface area contributed by atoms with Gasteiger partial charge in [-0.1, -0.05) is 26.8 Å². The first-order valence-corrected chi connectivity index (χ1v) is 8.47. The molecule has 1 aromatic carbocycles. The smallest absolute Gasteiger partial charge is 0.0875 e. The molecule has 0 bridgehead atoms. The fraction of sp³-hybridized carbons (Fsp3) is 0.538. The van der Waals surface area contributed by atoms with Crippen LogP contribution in [0.3, 0.4) is 0 Å². The molecule has 2 rings (SSSR count). The SMILES string of the molecule is CC(C)(C)c1ccc(Br)c(N=S2(=O)CCC2)c1. The van der Waals surface area contributed by atoms with Crippen molar-refractivity contribution in [1.82, 2.24) is 0 Å². The van der Waals surface area contributed by atoms with Gasteiger partial charge in [0.25, 0.3) is 0 Å². The van der Waals surface area contributed by atoms with Crippen molar-refractivity contribution < 1.29 is 4.21 Å². The van der Waals surface area contributed by atoms with E-state index in [2.05, 4.69) is 53.2 Å². The zero-order valence-corrected chi connectivity index (χ0v) is 12.9. The van der Waals surface area contributed by atoms with Crippen LogP contribution in [0.4, 0.5) is 5.69 Å². The van der Waals surface area contributed by atoms with Crippen molar-refractivity contribution in [2.45, 2.75) is 32.6 Å². The van der Waals surface area contributed by atoms with Crippen LogP contribution in [-0.4, -0.2) is 15.7 Å². The number of rotatable bonds is 1. The number of hydrogen-bond donors (Lipinski definition) is 0. The summed E-state index contributed by atoms with van der Waals surface area (Å²) in [6, 6.07) is 6.15. The molecular formula is C13H18BrNOS. The van der Waals surface area contributed by atoms with Crippen LogP contribution in [0, 0.1) is 0 Å². The first kappa shape index (κ1) is 13.1. The molecule has 94 valence electrons. The second kappa shape index (κ2) is 4.39. The standard InChI is InChI=1S/C13H18BrNOS/c1-13(2,3)10-5-6-11(14)12(9-10)15-17(16)7-4-8-17/h5-6,9H,4,7-8H2,1-3H3. The maximum Gasteiger partial charge on any atom is 0.0875 e. The molecule has 1 aromatic rings. The average molecular weight is 316 g/mol. The molecule has 1 fully saturated rings. The highest BCUT2D eigenvalue weighted by Crippen LogP contribution is 2.33. The first-order chi connectivity index (χ1) is 7.80. The molecule has 0 amide bonds. The van der Waals surface area contributed by atoms with Gasteiger partial charge < -0.3 is 0 Å². The third-order valence-corrected chi connectivity index (χ3v) is 6.06. The lowest BCUT2D eigenvalue weighted by Gasteiger charge is -2.21. The summed E-state index contributed by atoms with van der Waals surface area (Å²) in [7, 11) is -1.93. The van der Waals surface area contributed by atoms with E-state index in [1.807, 2.05) is 6.07 Å². The van der Waals surface area contributed by atoms with Crippen LogP contribution in [0.1, 0.15) is 32.8 Å². The van der Waals surface area contributed by atoms with E-state index in [1.54, 1.807) is 0 Å². The predicted molar refractivity (Wildman–Crippen MR) is 77.4 cm³/mol. The zero-order valence-electron chi connectivity index (χ0n) is 10.5. The van der Waals surface area contributed by atoms with Crippen molar-refractivity contribution in [3.63, 3.8) is 0 Å². The van der Waals surface area contributed by atoms with Gasteiger partial charge in [-0.05, 0) is 45.5 Å². The van der Waals surface area contributed by atoms with Gasteiger partial charge >= 0.3 is 0 Å².